The number of nitrogens with one attached hydrogen (secondary N) is 1. The van der Waals surface area contributed by atoms with Crippen molar-refractivity contribution in [2.45, 2.75) is 11.4 Å². The Kier molecular flexibility index (Phi) is 8.63. The van der Waals surface area contributed by atoms with Crippen molar-refractivity contribution >= 4 is 33.4 Å². The Balaban J connectivity index is 1.44. The molecule has 0 atom stereocenters. The number of benzene rings is 2. The van der Waals surface area contributed by atoms with E-state index in [4.69, 9.17) is 21.6 Å². The van der Waals surface area contributed by atoms with Crippen LogP contribution in [0.4, 0.5) is 0 Å². The van der Waals surface area contributed by atoms with E-state index in [2.05, 4.69) is 10.3 Å². The minimum absolute atomic E-state index is 0.0239. The Labute approximate surface area is 204 Å². The molecular weight excluding hydrogens is 478 g/mol. The first-order chi connectivity index (χ1) is 16.2. The summed E-state index contributed by atoms with van der Waals surface area (Å²) in [5, 5.41) is 12.1. The number of carbonyl (C=O) groups is 1. The van der Waals surface area contributed by atoms with Crippen LogP contribution in [0.2, 0.25) is 5.02 Å². The first-order valence-electron chi connectivity index (χ1n) is 10.6. The zero-order chi connectivity index (χ0) is 24.7. The third kappa shape index (κ3) is 6.33. The molecule has 1 aliphatic rings. The van der Waals surface area contributed by atoms with Crippen LogP contribution < -0.4 is 5.32 Å². The highest BCUT2D eigenvalue weighted by atomic mass is 35.5. The van der Waals surface area contributed by atoms with Crippen LogP contribution in [0.5, 0.6) is 0 Å². The predicted molar refractivity (Wildman–Crippen MR) is 129 cm³/mol. The molecule has 2 aromatic rings. The van der Waals surface area contributed by atoms with Gasteiger partial charge in [-0.15, -0.1) is 0 Å². The van der Waals surface area contributed by atoms with E-state index in [0.717, 1.165) is 34.4 Å². The molecule has 34 heavy (non-hydrogen) atoms. The van der Waals surface area contributed by atoms with Crippen molar-refractivity contribution in [3.8, 4) is 6.07 Å². The summed E-state index contributed by atoms with van der Waals surface area (Å²) in [6.07, 6.45) is 0. The van der Waals surface area contributed by atoms with Gasteiger partial charge in [0.15, 0.2) is 0 Å². The topological polar surface area (TPSA) is 115 Å². The second-order valence-electron chi connectivity index (χ2n) is 7.74. The van der Waals surface area contributed by atoms with Gasteiger partial charge in [-0.3, -0.25) is 9.79 Å². The second-order valence-corrected chi connectivity index (χ2v) is 10.2. The molecule has 0 saturated heterocycles. The molecule has 3 rings (SSSR count). The third-order valence-corrected chi connectivity index (χ3v) is 7.61. The van der Waals surface area contributed by atoms with Crippen LogP contribution in [0.25, 0.3) is 0 Å². The zero-order valence-corrected chi connectivity index (χ0v) is 20.6. The Hall–Kier alpha value is -2.97. The van der Waals surface area contributed by atoms with Gasteiger partial charge in [-0.25, -0.2) is 8.42 Å². The smallest absolute Gasteiger partial charge is 0.248 e. The van der Waals surface area contributed by atoms with E-state index in [1.807, 2.05) is 30.3 Å². The Morgan fingerprint density at radius 2 is 1.97 bits per heavy atom. The third-order valence-electron chi connectivity index (χ3n) is 5.27. The van der Waals surface area contributed by atoms with Crippen molar-refractivity contribution < 1.29 is 17.9 Å². The van der Waals surface area contributed by atoms with Gasteiger partial charge in [-0.05, 0) is 23.8 Å². The maximum atomic E-state index is 12.7. The fourth-order valence-corrected chi connectivity index (χ4v) is 4.92. The molecule has 1 N–H and O–H groups in total. The van der Waals surface area contributed by atoms with Gasteiger partial charge in [-0.1, -0.05) is 35.9 Å². The van der Waals surface area contributed by atoms with Crippen molar-refractivity contribution in [3.05, 3.63) is 64.2 Å². The van der Waals surface area contributed by atoms with Crippen LogP contribution in [-0.2, 0) is 26.1 Å². The Morgan fingerprint density at radius 1 is 1.24 bits per heavy atom. The van der Waals surface area contributed by atoms with Crippen LogP contribution in [0, 0.1) is 11.3 Å². The SMILES string of the molecule is CN(Cc1ccc(C2=NCCN2)cc1)C(=O)COCCN(C)S(=O)(=O)c1ccc(C#N)cc1Cl. The molecular formula is C23H26ClN5O4S. The number of amides is 1. The average molecular weight is 504 g/mol. The Morgan fingerprint density at radius 3 is 2.59 bits per heavy atom. The highest BCUT2D eigenvalue weighted by Crippen LogP contribution is 2.25. The summed E-state index contributed by atoms with van der Waals surface area (Å²) in [6.45, 7) is 1.95. The first-order valence-corrected chi connectivity index (χ1v) is 12.4. The Bertz CT molecular complexity index is 1210. The lowest BCUT2D eigenvalue weighted by molar-refractivity contribution is -0.135. The van der Waals surface area contributed by atoms with Crippen LogP contribution in [-0.4, -0.2) is 76.3 Å². The second kappa shape index (κ2) is 11.4. The van der Waals surface area contributed by atoms with Crippen molar-refractivity contribution in [1.29, 1.82) is 5.26 Å². The molecule has 0 radical (unpaired) electrons. The molecule has 0 aromatic heterocycles. The van der Waals surface area contributed by atoms with E-state index < -0.39 is 10.0 Å². The summed E-state index contributed by atoms with van der Waals surface area (Å²) in [5.74, 6) is 0.671. The van der Waals surface area contributed by atoms with Crippen LogP contribution >= 0.6 is 11.6 Å². The molecule has 0 aliphatic carbocycles. The fourth-order valence-electron chi connectivity index (χ4n) is 3.25. The van der Waals surface area contributed by atoms with E-state index in [1.54, 1.807) is 11.9 Å². The molecule has 1 aliphatic heterocycles. The summed E-state index contributed by atoms with van der Waals surface area (Å²) in [6, 6.07) is 13.8. The van der Waals surface area contributed by atoms with Gasteiger partial charge in [0.05, 0.1) is 29.8 Å². The summed E-state index contributed by atoms with van der Waals surface area (Å²) in [7, 11) is -0.772. The van der Waals surface area contributed by atoms with E-state index in [0.29, 0.717) is 6.54 Å². The van der Waals surface area contributed by atoms with E-state index in [1.165, 1.54) is 25.2 Å². The van der Waals surface area contributed by atoms with Gasteiger partial charge in [0.2, 0.25) is 15.9 Å². The predicted octanol–water partition coefficient (Wildman–Crippen LogP) is 1.86. The van der Waals surface area contributed by atoms with Gasteiger partial charge in [0.1, 0.15) is 17.3 Å². The van der Waals surface area contributed by atoms with Gasteiger partial charge in [0.25, 0.3) is 0 Å². The highest BCUT2D eigenvalue weighted by molar-refractivity contribution is 7.89. The molecule has 9 nitrogen and oxygen atoms in total. The largest absolute Gasteiger partial charge is 0.370 e. The van der Waals surface area contributed by atoms with Gasteiger partial charge in [0, 0.05) is 39.3 Å². The first kappa shape index (κ1) is 25.6. The molecule has 0 bridgehead atoms. The molecule has 2 aromatic carbocycles. The van der Waals surface area contributed by atoms with Gasteiger partial charge >= 0.3 is 0 Å². The quantitative estimate of drug-likeness (QED) is 0.495. The zero-order valence-electron chi connectivity index (χ0n) is 19.0. The van der Waals surface area contributed by atoms with E-state index >= 15 is 0 Å². The summed E-state index contributed by atoms with van der Waals surface area (Å²) in [4.78, 5) is 18.2. The normalized spacial score (nSPS) is 13.3. The number of nitrogens with zero attached hydrogens (tertiary/aromatic N) is 4. The number of likely N-dealkylation sites (N-methyl/N-ethyl adjacent to an activating group) is 2. The van der Waals surface area contributed by atoms with Crippen molar-refractivity contribution in [2.24, 2.45) is 4.99 Å². The molecule has 0 saturated carbocycles. The summed E-state index contributed by atoms with van der Waals surface area (Å²) < 4.78 is 31.9. The summed E-state index contributed by atoms with van der Waals surface area (Å²) >= 11 is 6.04. The summed E-state index contributed by atoms with van der Waals surface area (Å²) in [5.41, 5.74) is 2.26. The lowest BCUT2D eigenvalue weighted by Gasteiger charge is -2.20. The molecule has 0 spiro atoms. The molecule has 11 heteroatoms. The fraction of sp³-hybridized carbons (Fsp3) is 0.348. The van der Waals surface area contributed by atoms with E-state index in [9.17, 15) is 13.2 Å². The number of amidine groups is 1. The number of ether oxygens (including phenoxy) is 1. The standard InChI is InChI=1S/C23H26ClN5O4S/c1-28(15-17-3-6-19(7-4-17)23-26-9-10-27-23)22(30)16-33-12-11-29(2)34(31,32)21-8-5-18(14-25)13-20(21)24/h3-8,13H,9-12,15-16H2,1-2H3,(H,26,27). The number of aliphatic imine (C=N–C) groups is 1. The number of nitriles is 1. The van der Waals surface area contributed by atoms with Crippen LogP contribution in [0.1, 0.15) is 16.7 Å². The maximum absolute atomic E-state index is 12.7. The van der Waals surface area contributed by atoms with Crippen molar-refractivity contribution in [2.75, 3.05) is 46.9 Å². The molecule has 0 unspecified atom stereocenters. The molecule has 180 valence electrons. The average Bonchev–Trinajstić information content (AvgIpc) is 3.36. The number of hydrogen-bond donors (Lipinski definition) is 1. The van der Waals surface area contributed by atoms with Crippen molar-refractivity contribution in [1.82, 2.24) is 14.5 Å². The maximum Gasteiger partial charge on any atom is 0.248 e. The lowest BCUT2D eigenvalue weighted by Crippen LogP contribution is -2.33. The van der Waals surface area contributed by atoms with Crippen molar-refractivity contribution in [3.63, 3.8) is 0 Å². The van der Waals surface area contributed by atoms with Gasteiger partial charge in [-0.2, -0.15) is 9.57 Å². The number of hydrogen-bond acceptors (Lipinski definition) is 7. The minimum atomic E-state index is -3.86. The monoisotopic (exact) mass is 503 g/mol. The van der Waals surface area contributed by atoms with Crippen LogP contribution in [0.3, 0.4) is 0 Å². The number of halogens is 1. The van der Waals surface area contributed by atoms with Crippen LogP contribution in [0.15, 0.2) is 52.4 Å². The number of sulfonamides is 1. The molecule has 0 fully saturated rings. The molecule has 1 heterocycles. The molecule has 1 amide bonds. The van der Waals surface area contributed by atoms with Gasteiger partial charge < -0.3 is 15.0 Å². The number of rotatable bonds is 10. The highest BCUT2D eigenvalue weighted by Gasteiger charge is 2.23. The lowest BCUT2D eigenvalue weighted by atomic mass is 10.1. The van der Waals surface area contributed by atoms with E-state index in [-0.39, 0.29) is 41.1 Å². The number of carbonyl (C=O) groups excluding carboxylic acids is 1. The minimum Gasteiger partial charge on any atom is -0.370 e.